The van der Waals surface area contributed by atoms with E-state index in [1.807, 2.05) is 86.7 Å². The number of amides is 4. The molecule has 0 aromatic heterocycles. The number of aliphatic hydroxyl groups is 1. The lowest BCUT2D eigenvalue weighted by Gasteiger charge is -2.37. The van der Waals surface area contributed by atoms with Crippen LogP contribution in [0.25, 0.3) is 0 Å². The number of nitrogens with one attached hydrogen (secondary N) is 2. The molecule has 5 heterocycles. The molecule has 4 amide bonds. The van der Waals surface area contributed by atoms with Crippen LogP contribution in [0.1, 0.15) is 35.6 Å². The normalized spacial score (nSPS) is 26.9. The molecule has 5 aliphatic rings. The Labute approximate surface area is 322 Å². The number of carbonyl (C=O) groups is 4. The lowest BCUT2D eigenvalue weighted by molar-refractivity contribution is -0.151. The summed E-state index contributed by atoms with van der Waals surface area (Å²) in [5.74, 6) is -1.11. The highest BCUT2D eigenvalue weighted by molar-refractivity contribution is 6.71. The summed E-state index contributed by atoms with van der Waals surface area (Å²) in [4.78, 5) is 74.3. The first kappa shape index (κ1) is 37.5. The van der Waals surface area contributed by atoms with Crippen molar-refractivity contribution in [2.75, 3.05) is 60.6 Å². The first-order valence-corrected chi connectivity index (χ1v) is 22.4. The van der Waals surface area contributed by atoms with Gasteiger partial charge in [0.05, 0.1) is 50.5 Å². The molecule has 13 nitrogen and oxygen atoms in total. The molecule has 3 fully saturated rings. The Morgan fingerprint density at radius 3 is 2.24 bits per heavy atom. The lowest BCUT2D eigenvalue weighted by Crippen LogP contribution is -2.48. The van der Waals surface area contributed by atoms with E-state index in [1.165, 1.54) is 0 Å². The van der Waals surface area contributed by atoms with Crippen LogP contribution in [-0.4, -0.2) is 105 Å². The fraction of sp³-hybridized carbons (Fsp3) is 0.463. The molecule has 1 spiro atoms. The molecule has 0 unspecified atom stereocenters. The van der Waals surface area contributed by atoms with Gasteiger partial charge in [-0.2, -0.15) is 0 Å². The van der Waals surface area contributed by atoms with Crippen LogP contribution >= 0.6 is 0 Å². The quantitative estimate of drug-likeness (QED) is 0.253. The van der Waals surface area contributed by atoms with Crippen LogP contribution in [0.4, 0.5) is 17.1 Å². The van der Waals surface area contributed by atoms with Crippen molar-refractivity contribution < 1.29 is 33.8 Å². The first-order valence-electron chi connectivity index (χ1n) is 19.4. The predicted molar refractivity (Wildman–Crippen MR) is 210 cm³/mol. The third kappa shape index (κ3) is 6.58. The minimum absolute atomic E-state index is 0.0189. The number of hydrogen-bond donors (Lipinski definition) is 4. The highest BCUT2D eigenvalue weighted by atomic mass is 28.4. The van der Waals surface area contributed by atoms with Gasteiger partial charge in [0.15, 0.2) is 13.9 Å². The molecular formula is C41H50N6O7Si. The molecule has 4 N–H and O–H groups in total. The van der Waals surface area contributed by atoms with Crippen molar-refractivity contribution in [3.8, 4) is 0 Å². The summed E-state index contributed by atoms with van der Waals surface area (Å²) in [7, 11) is -3.11. The molecule has 3 saturated heterocycles. The van der Waals surface area contributed by atoms with Crippen LogP contribution < -0.4 is 25.3 Å². The van der Waals surface area contributed by atoms with E-state index in [4.69, 9.17) is 4.74 Å². The average molecular weight is 767 g/mol. The van der Waals surface area contributed by atoms with Gasteiger partial charge >= 0.3 is 0 Å². The van der Waals surface area contributed by atoms with Gasteiger partial charge in [0.1, 0.15) is 0 Å². The Balaban J connectivity index is 1.17. The van der Waals surface area contributed by atoms with Crippen LogP contribution in [-0.2, 0) is 49.0 Å². The molecule has 5 aliphatic heterocycles. The SMILES string of the molecule is C[C@@H]1[C@@H]([Si](C)(C)O)[C@H](CC(=O)N2Cc3ccccc3C[C@H]2CO)O[C@@]12C(=O)N(Cc1cccc(N3CCNCC3=O)c1)c1ccc(N3CCNCC3=O)cc12. The van der Waals surface area contributed by atoms with Crippen molar-refractivity contribution in [3.05, 3.63) is 89.0 Å². The average Bonchev–Trinajstić information content (AvgIpc) is 3.60. The maximum atomic E-state index is 15.3. The molecule has 14 heteroatoms. The van der Waals surface area contributed by atoms with Gasteiger partial charge in [-0.15, -0.1) is 0 Å². The summed E-state index contributed by atoms with van der Waals surface area (Å²) in [6.07, 6.45) is -0.313. The molecule has 0 aliphatic carbocycles. The second kappa shape index (κ2) is 14.6. The number of ether oxygens (including phenoxy) is 1. The van der Waals surface area contributed by atoms with Gasteiger partial charge in [-0.25, -0.2) is 0 Å². The Morgan fingerprint density at radius 2 is 1.58 bits per heavy atom. The smallest absolute Gasteiger partial charge is 0.264 e. The number of benzene rings is 3. The summed E-state index contributed by atoms with van der Waals surface area (Å²) in [5, 5.41) is 16.6. The lowest BCUT2D eigenvalue weighted by atomic mass is 9.82. The molecule has 0 bridgehead atoms. The second-order valence-corrected chi connectivity index (χ2v) is 20.1. The number of fused-ring (bicyclic) bond motifs is 3. The van der Waals surface area contributed by atoms with Gasteiger partial charge < -0.3 is 44.9 Å². The maximum Gasteiger partial charge on any atom is 0.264 e. The fourth-order valence-corrected chi connectivity index (χ4v) is 12.2. The van der Waals surface area contributed by atoms with Crippen LogP contribution in [0.3, 0.4) is 0 Å². The van der Waals surface area contributed by atoms with E-state index in [2.05, 4.69) is 10.6 Å². The molecule has 5 atom stereocenters. The summed E-state index contributed by atoms with van der Waals surface area (Å²) in [5.41, 5.74) is 3.60. The van der Waals surface area contributed by atoms with Gasteiger partial charge in [-0.1, -0.05) is 43.3 Å². The third-order valence-electron chi connectivity index (χ3n) is 12.3. The summed E-state index contributed by atoms with van der Waals surface area (Å²) in [6.45, 7) is 8.77. The molecule has 3 aromatic rings. The second-order valence-electron chi connectivity index (χ2n) is 16.1. The molecule has 0 radical (unpaired) electrons. The highest BCUT2D eigenvalue weighted by Crippen LogP contribution is 2.60. The maximum absolute atomic E-state index is 15.3. The number of anilines is 3. The molecular weight excluding hydrogens is 717 g/mol. The van der Waals surface area contributed by atoms with E-state index in [0.29, 0.717) is 56.1 Å². The van der Waals surface area contributed by atoms with Gasteiger partial charge in [-0.3, -0.25) is 19.2 Å². The number of carbonyl (C=O) groups excluding carboxylic acids is 4. The fourth-order valence-electron chi connectivity index (χ4n) is 9.69. The van der Waals surface area contributed by atoms with Crippen molar-refractivity contribution in [2.45, 2.75) is 69.2 Å². The Morgan fingerprint density at radius 1 is 0.909 bits per heavy atom. The molecule has 55 heavy (non-hydrogen) atoms. The first-order chi connectivity index (χ1) is 26.4. The van der Waals surface area contributed by atoms with Crippen LogP contribution in [0, 0.1) is 5.92 Å². The van der Waals surface area contributed by atoms with Crippen molar-refractivity contribution in [2.24, 2.45) is 5.92 Å². The summed E-state index contributed by atoms with van der Waals surface area (Å²) >= 11 is 0. The van der Waals surface area contributed by atoms with Crippen LogP contribution in [0.2, 0.25) is 18.6 Å². The molecule has 8 rings (SSSR count). The van der Waals surface area contributed by atoms with E-state index < -0.39 is 37.5 Å². The number of rotatable bonds is 8. The highest BCUT2D eigenvalue weighted by Gasteiger charge is 2.66. The zero-order valence-electron chi connectivity index (χ0n) is 31.7. The summed E-state index contributed by atoms with van der Waals surface area (Å²) in [6, 6.07) is 20.8. The van der Waals surface area contributed by atoms with E-state index in [-0.39, 0.29) is 56.3 Å². The van der Waals surface area contributed by atoms with Crippen molar-refractivity contribution in [1.29, 1.82) is 0 Å². The standard InChI is InChI=1S/C41H50N6O7Si/c1-26-39(55(2,3)53)35(20-36(49)46-24-29-9-5-4-8-28(29)18-32(46)25-48)54-41(26)33-19-31(45-16-14-43-22-38(45)51)11-12-34(33)47(40(41)52)23-27-7-6-10-30(17-27)44-15-13-42-21-37(44)50/h4-12,17,19,26,32,35,39,42-43,48,53H,13-16,18,20-25H2,1-3H3/t26-,32+,35+,39-,41+/m1/s1. The number of nitrogens with zero attached hydrogens (tertiary/aromatic N) is 4. The number of hydrogen-bond acceptors (Lipinski definition) is 9. The van der Waals surface area contributed by atoms with E-state index >= 15 is 4.79 Å². The van der Waals surface area contributed by atoms with Gasteiger partial charge in [0, 0.05) is 61.1 Å². The van der Waals surface area contributed by atoms with E-state index in [9.17, 15) is 24.3 Å². The van der Waals surface area contributed by atoms with E-state index in [0.717, 1.165) is 22.4 Å². The molecule has 0 saturated carbocycles. The zero-order chi connectivity index (χ0) is 38.6. The number of aliphatic hydroxyl groups excluding tert-OH is 1. The largest absolute Gasteiger partial charge is 0.432 e. The van der Waals surface area contributed by atoms with Crippen molar-refractivity contribution in [3.63, 3.8) is 0 Å². The van der Waals surface area contributed by atoms with Crippen molar-refractivity contribution >= 4 is 49.0 Å². The Bertz CT molecular complexity index is 2020. The minimum atomic E-state index is -3.11. The Hall–Kier alpha value is -4.44. The molecule has 290 valence electrons. The van der Waals surface area contributed by atoms with Crippen molar-refractivity contribution in [1.82, 2.24) is 15.5 Å². The topological polar surface area (TPSA) is 155 Å². The van der Waals surface area contributed by atoms with Crippen LogP contribution in [0.15, 0.2) is 66.7 Å². The van der Waals surface area contributed by atoms with Gasteiger partial charge in [-0.05, 0) is 66.5 Å². The zero-order valence-corrected chi connectivity index (χ0v) is 32.7. The van der Waals surface area contributed by atoms with E-state index in [1.54, 1.807) is 19.6 Å². The Kier molecular flexibility index (Phi) is 9.93. The number of piperazine rings is 2. The van der Waals surface area contributed by atoms with Gasteiger partial charge in [0.25, 0.3) is 5.91 Å². The summed E-state index contributed by atoms with van der Waals surface area (Å²) < 4.78 is 7.07. The minimum Gasteiger partial charge on any atom is -0.432 e. The monoisotopic (exact) mass is 766 g/mol. The third-order valence-corrected chi connectivity index (χ3v) is 14.8. The predicted octanol–water partition coefficient (Wildman–Crippen LogP) is 2.24. The van der Waals surface area contributed by atoms with Gasteiger partial charge in [0.2, 0.25) is 17.7 Å². The molecule has 3 aromatic carbocycles. The van der Waals surface area contributed by atoms with Crippen LogP contribution in [0.5, 0.6) is 0 Å².